The molecule has 0 saturated carbocycles. The van der Waals surface area contributed by atoms with E-state index < -0.39 is 0 Å². The maximum Gasteiger partial charge on any atom is -0.000226 e. The topological polar surface area (TPSA) is 0 Å². The number of fused-ring (bicyclic) bond motifs is 1. The molecule has 0 radical (unpaired) electrons. The second-order valence-electron chi connectivity index (χ2n) is 5.82. The monoisotopic (exact) mass is 250 g/mol. The summed E-state index contributed by atoms with van der Waals surface area (Å²) in [6.45, 7) is 0. The molecule has 0 unspecified atom stereocenters. The van der Waals surface area contributed by atoms with Crippen LogP contribution in [0.25, 0.3) is 53.9 Å². The molecule has 0 heterocycles. The van der Waals surface area contributed by atoms with Gasteiger partial charge in [0, 0.05) is 0 Å². The Bertz CT molecular complexity index is 1130. The van der Waals surface area contributed by atoms with Crippen molar-refractivity contribution < 1.29 is 0 Å². The van der Waals surface area contributed by atoms with Crippen molar-refractivity contribution in [3.05, 3.63) is 60.7 Å². The third-order valence-corrected chi connectivity index (χ3v) is 4.88. The van der Waals surface area contributed by atoms with Crippen LogP contribution in [0.4, 0.5) is 0 Å². The molecular weight excluding hydrogens is 240 g/mol. The lowest BCUT2D eigenvalue weighted by atomic mass is 9.97. The Morgan fingerprint density at radius 1 is 0.400 bits per heavy atom. The van der Waals surface area contributed by atoms with Gasteiger partial charge in [-0.2, -0.15) is 0 Å². The summed E-state index contributed by atoms with van der Waals surface area (Å²) in [5.74, 6) is 0. The first kappa shape index (κ1) is 9.33. The predicted octanol–water partition coefficient (Wildman–Crippen LogP) is 5.77. The van der Waals surface area contributed by atoms with Gasteiger partial charge in [0.25, 0.3) is 0 Å². The van der Waals surface area contributed by atoms with E-state index in [1.807, 2.05) is 0 Å². The maximum absolute atomic E-state index is 2.34. The molecule has 90 valence electrons. The molecule has 0 atom stereocenters. The van der Waals surface area contributed by atoms with Gasteiger partial charge in [0.15, 0.2) is 0 Å². The number of benzene rings is 4. The molecule has 6 aromatic rings. The zero-order valence-corrected chi connectivity index (χ0v) is 10.8. The molecule has 0 fully saturated rings. The molecule has 6 aromatic carbocycles. The van der Waals surface area contributed by atoms with Crippen molar-refractivity contribution in [2.24, 2.45) is 0 Å². The fourth-order valence-electron chi connectivity index (χ4n) is 4.14. The van der Waals surface area contributed by atoms with Crippen LogP contribution in [-0.4, -0.2) is 0 Å². The Hall–Kier alpha value is -2.60. The van der Waals surface area contributed by atoms with Gasteiger partial charge in [-0.05, 0) is 66.0 Å². The SMILES string of the molecule is c1cc2cc3ccc4cc5cccc6c(c1)c2c(c34)c56. The van der Waals surface area contributed by atoms with Crippen molar-refractivity contribution >= 4 is 53.9 Å². The third kappa shape index (κ3) is 0.820. The summed E-state index contributed by atoms with van der Waals surface area (Å²) < 4.78 is 0. The van der Waals surface area contributed by atoms with E-state index in [-0.39, 0.29) is 0 Å². The minimum atomic E-state index is 1.37. The lowest BCUT2D eigenvalue weighted by Crippen LogP contribution is -1.77. The third-order valence-electron chi connectivity index (χ3n) is 4.88. The van der Waals surface area contributed by atoms with Crippen LogP contribution in [0.5, 0.6) is 0 Å². The fraction of sp³-hybridized carbons (Fsp3) is 0. The Morgan fingerprint density at radius 2 is 0.900 bits per heavy atom. The van der Waals surface area contributed by atoms with E-state index >= 15 is 0 Å². The minimum absolute atomic E-state index is 1.37. The van der Waals surface area contributed by atoms with Crippen LogP contribution < -0.4 is 0 Å². The molecule has 0 aromatic heterocycles. The smallest absolute Gasteiger partial charge is 0.000226 e. The van der Waals surface area contributed by atoms with Crippen molar-refractivity contribution in [2.75, 3.05) is 0 Å². The summed E-state index contributed by atoms with van der Waals surface area (Å²) in [5, 5.41) is 14.1. The summed E-state index contributed by atoms with van der Waals surface area (Å²) >= 11 is 0. The minimum Gasteiger partial charge on any atom is -0.0610 e. The Kier molecular flexibility index (Phi) is 1.30. The molecule has 0 saturated heterocycles. The molecule has 0 aliphatic rings. The second kappa shape index (κ2) is 2.78. The van der Waals surface area contributed by atoms with E-state index in [2.05, 4.69) is 60.7 Å². The Morgan fingerprint density at radius 3 is 1.45 bits per heavy atom. The highest BCUT2D eigenvalue weighted by Crippen LogP contribution is 2.47. The molecule has 0 aliphatic carbocycles. The average Bonchev–Trinajstić information content (AvgIpc) is 3.03. The van der Waals surface area contributed by atoms with Crippen LogP contribution in [0.2, 0.25) is 0 Å². The molecule has 0 nitrogen and oxygen atoms in total. The summed E-state index contributed by atoms with van der Waals surface area (Å²) in [6.07, 6.45) is 0. The van der Waals surface area contributed by atoms with Gasteiger partial charge >= 0.3 is 0 Å². The average molecular weight is 250 g/mol. The zero-order valence-electron chi connectivity index (χ0n) is 10.8. The molecule has 0 aliphatic heterocycles. The quantitative estimate of drug-likeness (QED) is 0.300. The summed E-state index contributed by atoms with van der Waals surface area (Å²) in [6, 6.07) is 22.6. The fourth-order valence-corrected chi connectivity index (χ4v) is 4.14. The molecule has 0 bridgehead atoms. The number of hydrogen-bond donors (Lipinski definition) is 0. The predicted molar refractivity (Wildman–Crippen MR) is 87.5 cm³/mol. The lowest BCUT2D eigenvalue weighted by molar-refractivity contribution is 1.88. The van der Waals surface area contributed by atoms with Gasteiger partial charge in [-0.25, -0.2) is 0 Å². The van der Waals surface area contributed by atoms with E-state index in [9.17, 15) is 0 Å². The van der Waals surface area contributed by atoms with E-state index in [1.165, 1.54) is 53.9 Å². The molecule has 0 N–H and O–H groups in total. The first-order valence-electron chi connectivity index (χ1n) is 7.05. The van der Waals surface area contributed by atoms with Gasteiger partial charge in [-0.15, -0.1) is 0 Å². The van der Waals surface area contributed by atoms with Crippen LogP contribution >= 0.6 is 0 Å². The summed E-state index contributed by atoms with van der Waals surface area (Å²) in [5.41, 5.74) is 0. The molecular formula is C20H10. The van der Waals surface area contributed by atoms with Crippen molar-refractivity contribution in [3.8, 4) is 0 Å². The zero-order chi connectivity index (χ0) is 12.8. The van der Waals surface area contributed by atoms with Gasteiger partial charge in [-0.1, -0.05) is 48.5 Å². The lowest BCUT2D eigenvalue weighted by Gasteiger charge is -2.05. The Labute approximate surface area is 115 Å². The van der Waals surface area contributed by atoms with Crippen LogP contribution in [-0.2, 0) is 0 Å². The van der Waals surface area contributed by atoms with Crippen molar-refractivity contribution in [3.63, 3.8) is 0 Å². The normalized spacial score (nSPS) is 13.0. The molecule has 0 spiro atoms. The standard InChI is InChI=1S/C20H10/c1-3-11-9-13-7-8-14-10-12-4-2-6-16-15(5-1)18(11)20(17(13)14)19(12)16/h1-10H. The van der Waals surface area contributed by atoms with Gasteiger partial charge in [0.05, 0.1) is 0 Å². The van der Waals surface area contributed by atoms with E-state index in [4.69, 9.17) is 0 Å². The molecule has 0 heteroatoms. The first-order chi connectivity index (χ1) is 9.92. The highest BCUT2D eigenvalue weighted by Gasteiger charge is 2.18. The number of rotatable bonds is 0. The van der Waals surface area contributed by atoms with Crippen LogP contribution in [0.3, 0.4) is 0 Å². The summed E-state index contributed by atoms with van der Waals surface area (Å²) in [7, 11) is 0. The summed E-state index contributed by atoms with van der Waals surface area (Å²) in [4.78, 5) is 0. The molecule has 20 heavy (non-hydrogen) atoms. The molecule has 6 rings (SSSR count). The Balaban J connectivity index is 2.26. The highest BCUT2D eigenvalue weighted by molar-refractivity contribution is 6.43. The van der Waals surface area contributed by atoms with Crippen LogP contribution in [0.15, 0.2) is 60.7 Å². The van der Waals surface area contributed by atoms with Crippen molar-refractivity contribution in [2.45, 2.75) is 0 Å². The van der Waals surface area contributed by atoms with Gasteiger partial charge in [0.2, 0.25) is 0 Å². The van der Waals surface area contributed by atoms with E-state index in [0.717, 1.165) is 0 Å². The van der Waals surface area contributed by atoms with Crippen LogP contribution in [0, 0.1) is 0 Å². The second-order valence-corrected chi connectivity index (χ2v) is 5.82. The van der Waals surface area contributed by atoms with Gasteiger partial charge < -0.3 is 0 Å². The van der Waals surface area contributed by atoms with Gasteiger partial charge in [0.1, 0.15) is 0 Å². The largest absolute Gasteiger partial charge is 0.0610 e. The van der Waals surface area contributed by atoms with Crippen molar-refractivity contribution in [1.82, 2.24) is 0 Å². The number of hydrogen-bond acceptors (Lipinski definition) is 0. The molecule has 0 amide bonds. The van der Waals surface area contributed by atoms with E-state index in [1.54, 1.807) is 0 Å². The highest BCUT2D eigenvalue weighted by atomic mass is 14.2. The maximum atomic E-state index is 2.34. The van der Waals surface area contributed by atoms with Crippen LogP contribution in [0.1, 0.15) is 0 Å². The van der Waals surface area contributed by atoms with Crippen molar-refractivity contribution in [1.29, 1.82) is 0 Å². The first-order valence-corrected chi connectivity index (χ1v) is 7.05. The van der Waals surface area contributed by atoms with E-state index in [0.29, 0.717) is 0 Å². The van der Waals surface area contributed by atoms with Gasteiger partial charge in [-0.3, -0.25) is 0 Å².